The van der Waals surface area contributed by atoms with Gasteiger partial charge in [-0.05, 0) is 37.3 Å². The number of aromatic nitrogens is 1. The van der Waals surface area contributed by atoms with Crippen LogP contribution in [0.2, 0.25) is 5.15 Å². The number of hydrogen-bond acceptors (Lipinski definition) is 3. The van der Waals surface area contributed by atoms with Crippen LogP contribution in [-0.4, -0.2) is 40.6 Å². The standard InChI is InChI=1S/C13H17ClN2O2/c14-12-8-11(3-5-15-12)13(18)16-6-1-2-10(9-16)4-7-17/h3,5,8,10,17H,1-2,4,6-7,9H2. The maximum Gasteiger partial charge on any atom is 0.254 e. The highest BCUT2D eigenvalue weighted by Crippen LogP contribution is 2.21. The molecule has 1 saturated heterocycles. The Kier molecular flexibility index (Phi) is 4.55. The first kappa shape index (κ1) is 13.3. The minimum Gasteiger partial charge on any atom is -0.396 e. The van der Waals surface area contributed by atoms with Crippen LogP contribution in [-0.2, 0) is 0 Å². The van der Waals surface area contributed by atoms with Crippen LogP contribution < -0.4 is 0 Å². The van der Waals surface area contributed by atoms with Gasteiger partial charge >= 0.3 is 0 Å². The molecule has 0 bridgehead atoms. The molecular weight excluding hydrogens is 252 g/mol. The molecule has 1 aliphatic rings. The fraction of sp³-hybridized carbons (Fsp3) is 0.538. The summed E-state index contributed by atoms with van der Waals surface area (Å²) in [6, 6.07) is 3.28. The van der Waals surface area contributed by atoms with E-state index in [9.17, 15) is 4.79 Å². The van der Waals surface area contributed by atoms with E-state index in [1.165, 1.54) is 0 Å². The topological polar surface area (TPSA) is 53.4 Å². The summed E-state index contributed by atoms with van der Waals surface area (Å²) >= 11 is 5.79. The smallest absolute Gasteiger partial charge is 0.254 e. The van der Waals surface area contributed by atoms with Crippen LogP contribution in [0.5, 0.6) is 0 Å². The molecule has 0 radical (unpaired) electrons. The molecule has 1 aliphatic heterocycles. The molecular formula is C13H17ClN2O2. The van der Waals surface area contributed by atoms with E-state index in [1.807, 2.05) is 4.90 Å². The fourth-order valence-electron chi connectivity index (χ4n) is 2.39. The van der Waals surface area contributed by atoms with Crippen LogP contribution in [0, 0.1) is 5.92 Å². The SMILES string of the molecule is O=C(c1ccnc(Cl)c1)N1CCCC(CCO)C1. The third-order valence-corrected chi connectivity index (χ3v) is 3.52. The molecule has 98 valence electrons. The van der Waals surface area contributed by atoms with E-state index in [2.05, 4.69) is 4.98 Å². The van der Waals surface area contributed by atoms with E-state index in [1.54, 1.807) is 18.3 Å². The number of piperidine rings is 1. The number of aliphatic hydroxyl groups excluding tert-OH is 1. The summed E-state index contributed by atoms with van der Waals surface area (Å²) in [7, 11) is 0. The molecule has 0 spiro atoms. The van der Waals surface area contributed by atoms with E-state index in [4.69, 9.17) is 16.7 Å². The van der Waals surface area contributed by atoms with Gasteiger partial charge in [0.15, 0.2) is 0 Å². The molecule has 1 amide bonds. The van der Waals surface area contributed by atoms with E-state index < -0.39 is 0 Å². The summed E-state index contributed by atoms with van der Waals surface area (Å²) in [5.74, 6) is 0.409. The van der Waals surface area contributed by atoms with E-state index in [-0.39, 0.29) is 12.5 Å². The van der Waals surface area contributed by atoms with E-state index >= 15 is 0 Å². The highest BCUT2D eigenvalue weighted by atomic mass is 35.5. The van der Waals surface area contributed by atoms with Gasteiger partial charge in [0.05, 0.1) is 0 Å². The second-order valence-corrected chi connectivity index (χ2v) is 5.03. The summed E-state index contributed by atoms with van der Waals surface area (Å²) in [4.78, 5) is 18.0. The van der Waals surface area contributed by atoms with Crippen molar-refractivity contribution in [1.29, 1.82) is 0 Å². The molecule has 1 atom stereocenters. The van der Waals surface area contributed by atoms with Crippen molar-refractivity contribution in [3.63, 3.8) is 0 Å². The second kappa shape index (κ2) is 6.16. The molecule has 2 heterocycles. The van der Waals surface area contributed by atoms with Crippen molar-refractivity contribution in [3.8, 4) is 0 Å². The first-order chi connectivity index (χ1) is 8.70. The van der Waals surface area contributed by atoms with Gasteiger partial charge in [0.25, 0.3) is 5.91 Å². The minimum absolute atomic E-state index is 0.00180. The van der Waals surface area contributed by atoms with Gasteiger partial charge in [0.1, 0.15) is 5.15 Å². The average molecular weight is 269 g/mol. The monoisotopic (exact) mass is 268 g/mol. The quantitative estimate of drug-likeness (QED) is 0.853. The zero-order valence-corrected chi connectivity index (χ0v) is 10.9. The van der Waals surface area contributed by atoms with Gasteiger partial charge in [-0.15, -0.1) is 0 Å². The van der Waals surface area contributed by atoms with Crippen molar-refractivity contribution in [1.82, 2.24) is 9.88 Å². The van der Waals surface area contributed by atoms with Crippen molar-refractivity contribution in [2.24, 2.45) is 5.92 Å². The van der Waals surface area contributed by atoms with Gasteiger partial charge in [-0.1, -0.05) is 11.6 Å². The Morgan fingerprint density at radius 2 is 2.44 bits per heavy atom. The number of aliphatic hydroxyl groups is 1. The van der Waals surface area contributed by atoms with Gasteiger partial charge in [-0.2, -0.15) is 0 Å². The number of likely N-dealkylation sites (tertiary alicyclic amines) is 1. The Hall–Kier alpha value is -1.13. The van der Waals surface area contributed by atoms with Crippen molar-refractivity contribution in [3.05, 3.63) is 29.0 Å². The fourth-order valence-corrected chi connectivity index (χ4v) is 2.56. The summed E-state index contributed by atoms with van der Waals surface area (Å²) in [5.41, 5.74) is 0.583. The minimum atomic E-state index is 0.00180. The number of pyridine rings is 1. The predicted molar refractivity (Wildman–Crippen MR) is 69.6 cm³/mol. The van der Waals surface area contributed by atoms with E-state index in [0.717, 1.165) is 32.4 Å². The largest absolute Gasteiger partial charge is 0.396 e. The van der Waals surface area contributed by atoms with Gasteiger partial charge < -0.3 is 10.0 Å². The number of carbonyl (C=O) groups is 1. The number of hydrogen-bond donors (Lipinski definition) is 1. The first-order valence-corrected chi connectivity index (χ1v) is 6.60. The molecule has 1 aromatic rings. The van der Waals surface area contributed by atoms with Crippen molar-refractivity contribution < 1.29 is 9.90 Å². The maximum absolute atomic E-state index is 12.3. The van der Waals surface area contributed by atoms with Gasteiger partial charge in [0.2, 0.25) is 0 Å². The van der Waals surface area contributed by atoms with Crippen LogP contribution in [0.4, 0.5) is 0 Å². The van der Waals surface area contributed by atoms with Crippen LogP contribution in [0.25, 0.3) is 0 Å². The van der Waals surface area contributed by atoms with Crippen LogP contribution in [0.1, 0.15) is 29.6 Å². The van der Waals surface area contributed by atoms with Crippen LogP contribution in [0.3, 0.4) is 0 Å². The summed E-state index contributed by atoms with van der Waals surface area (Å²) in [6.45, 7) is 1.69. The second-order valence-electron chi connectivity index (χ2n) is 4.64. The lowest BCUT2D eigenvalue weighted by atomic mass is 9.95. The molecule has 2 rings (SSSR count). The van der Waals surface area contributed by atoms with Crippen LogP contribution in [0.15, 0.2) is 18.3 Å². The molecule has 1 aromatic heterocycles. The predicted octanol–water partition coefficient (Wildman–Crippen LogP) is 1.97. The summed E-state index contributed by atoms with van der Waals surface area (Å²) in [5, 5.41) is 9.31. The van der Waals surface area contributed by atoms with Crippen molar-refractivity contribution >= 4 is 17.5 Å². The molecule has 1 N–H and O–H groups in total. The average Bonchev–Trinajstić information content (AvgIpc) is 2.39. The van der Waals surface area contributed by atoms with E-state index in [0.29, 0.717) is 16.6 Å². The molecule has 0 saturated carbocycles. The lowest BCUT2D eigenvalue weighted by Crippen LogP contribution is -2.40. The molecule has 18 heavy (non-hydrogen) atoms. The van der Waals surface area contributed by atoms with Crippen LogP contribution >= 0.6 is 11.6 Å². The number of amides is 1. The van der Waals surface area contributed by atoms with Gasteiger partial charge in [0, 0.05) is 31.5 Å². The lowest BCUT2D eigenvalue weighted by molar-refractivity contribution is 0.0653. The lowest BCUT2D eigenvalue weighted by Gasteiger charge is -2.32. The number of carbonyl (C=O) groups excluding carboxylic acids is 1. The first-order valence-electron chi connectivity index (χ1n) is 6.22. The zero-order chi connectivity index (χ0) is 13.0. The third-order valence-electron chi connectivity index (χ3n) is 3.32. The van der Waals surface area contributed by atoms with Gasteiger partial charge in [-0.25, -0.2) is 4.98 Å². The number of nitrogens with zero attached hydrogens (tertiary/aromatic N) is 2. The molecule has 4 nitrogen and oxygen atoms in total. The molecule has 0 aromatic carbocycles. The summed E-state index contributed by atoms with van der Waals surface area (Å²) < 4.78 is 0. The Balaban J connectivity index is 2.04. The Labute approximate surface area is 112 Å². The Bertz CT molecular complexity index is 423. The number of halogens is 1. The Morgan fingerprint density at radius 3 is 3.17 bits per heavy atom. The molecule has 5 heteroatoms. The number of rotatable bonds is 3. The molecule has 1 fully saturated rings. The maximum atomic E-state index is 12.3. The van der Waals surface area contributed by atoms with Crippen molar-refractivity contribution in [2.45, 2.75) is 19.3 Å². The normalized spacial score (nSPS) is 19.9. The molecule has 0 aliphatic carbocycles. The zero-order valence-electron chi connectivity index (χ0n) is 10.2. The Morgan fingerprint density at radius 1 is 1.61 bits per heavy atom. The van der Waals surface area contributed by atoms with Gasteiger partial charge in [-0.3, -0.25) is 4.79 Å². The summed E-state index contributed by atoms with van der Waals surface area (Å²) in [6.07, 6.45) is 4.39. The molecule has 1 unspecified atom stereocenters. The highest BCUT2D eigenvalue weighted by molar-refractivity contribution is 6.29. The highest BCUT2D eigenvalue weighted by Gasteiger charge is 2.24. The third kappa shape index (κ3) is 3.21. The van der Waals surface area contributed by atoms with Crippen molar-refractivity contribution in [2.75, 3.05) is 19.7 Å².